The van der Waals surface area contributed by atoms with Crippen molar-refractivity contribution in [1.29, 1.82) is 0 Å². The standard InChI is InChI=1S/C14H17NO2S/c1-9-5-4-6-10-13(9)18-12-8-3-2-7-11(12)17-14(16)15-10/h4-6,11-12H,2-3,7-8H2,1H3,(H,15,16)/t11-,12+/m1/s1. The van der Waals surface area contributed by atoms with E-state index in [9.17, 15) is 4.79 Å². The molecule has 1 heterocycles. The lowest BCUT2D eigenvalue weighted by Crippen LogP contribution is -2.35. The summed E-state index contributed by atoms with van der Waals surface area (Å²) >= 11 is 1.86. The van der Waals surface area contributed by atoms with E-state index in [2.05, 4.69) is 18.3 Å². The highest BCUT2D eigenvalue weighted by molar-refractivity contribution is 8.00. The number of thioether (sulfide) groups is 1. The molecule has 0 saturated heterocycles. The Labute approximate surface area is 111 Å². The van der Waals surface area contributed by atoms with Gasteiger partial charge in [0, 0.05) is 10.1 Å². The minimum Gasteiger partial charge on any atom is -0.445 e. The quantitative estimate of drug-likeness (QED) is 0.770. The van der Waals surface area contributed by atoms with Crippen LogP contribution >= 0.6 is 11.8 Å². The van der Waals surface area contributed by atoms with Gasteiger partial charge in [0.1, 0.15) is 6.10 Å². The fourth-order valence-electron chi connectivity index (χ4n) is 2.67. The van der Waals surface area contributed by atoms with Crippen molar-refractivity contribution in [3.8, 4) is 0 Å². The number of anilines is 1. The lowest BCUT2D eigenvalue weighted by Gasteiger charge is -2.33. The summed E-state index contributed by atoms with van der Waals surface area (Å²) in [4.78, 5) is 13.0. The second kappa shape index (κ2) is 4.84. The molecule has 1 fully saturated rings. The molecular weight excluding hydrogens is 246 g/mol. The van der Waals surface area contributed by atoms with E-state index in [0.717, 1.165) is 24.9 Å². The number of hydrogen-bond donors (Lipinski definition) is 1. The Hall–Kier alpha value is -1.16. The highest BCUT2D eigenvalue weighted by atomic mass is 32.2. The fraction of sp³-hybridized carbons (Fsp3) is 0.500. The molecule has 3 rings (SSSR count). The van der Waals surface area contributed by atoms with E-state index in [1.54, 1.807) is 0 Å². The molecule has 1 aromatic carbocycles. The Morgan fingerprint density at radius 2 is 2.17 bits per heavy atom. The van der Waals surface area contributed by atoms with Crippen molar-refractivity contribution < 1.29 is 9.53 Å². The van der Waals surface area contributed by atoms with Gasteiger partial charge >= 0.3 is 6.09 Å². The minimum absolute atomic E-state index is 0.0662. The van der Waals surface area contributed by atoms with E-state index in [-0.39, 0.29) is 12.2 Å². The predicted octanol–water partition coefficient (Wildman–Crippen LogP) is 3.96. The monoisotopic (exact) mass is 263 g/mol. The van der Waals surface area contributed by atoms with Crippen LogP contribution in [0.15, 0.2) is 23.1 Å². The molecule has 96 valence electrons. The average molecular weight is 263 g/mol. The van der Waals surface area contributed by atoms with Gasteiger partial charge in [0.15, 0.2) is 0 Å². The van der Waals surface area contributed by atoms with Crippen molar-refractivity contribution in [2.75, 3.05) is 5.32 Å². The molecule has 0 radical (unpaired) electrons. The lowest BCUT2D eigenvalue weighted by atomic mass is 9.97. The summed E-state index contributed by atoms with van der Waals surface area (Å²) in [5, 5.41) is 3.26. The molecular formula is C14H17NO2S. The van der Waals surface area contributed by atoms with E-state index >= 15 is 0 Å². The summed E-state index contributed by atoms with van der Waals surface area (Å²) in [7, 11) is 0. The van der Waals surface area contributed by atoms with Gasteiger partial charge in [-0.05, 0) is 37.8 Å². The molecule has 1 aliphatic heterocycles. The number of ether oxygens (including phenoxy) is 1. The molecule has 1 aromatic rings. The van der Waals surface area contributed by atoms with Crippen LogP contribution in [0, 0.1) is 6.92 Å². The van der Waals surface area contributed by atoms with Crippen LogP contribution in [0.4, 0.5) is 10.5 Å². The average Bonchev–Trinajstić information content (AvgIpc) is 2.33. The molecule has 1 amide bonds. The second-order valence-corrected chi connectivity index (χ2v) is 6.21. The number of amides is 1. The van der Waals surface area contributed by atoms with Crippen molar-refractivity contribution >= 4 is 23.5 Å². The van der Waals surface area contributed by atoms with E-state index in [1.807, 2.05) is 23.9 Å². The molecule has 0 spiro atoms. The smallest absolute Gasteiger partial charge is 0.411 e. The van der Waals surface area contributed by atoms with Gasteiger partial charge in [-0.15, -0.1) is 11.8 Å². The third-order valence-electron chi connectivity index (χ3n) is 3.62. The molecule has 2 aliphatic rings. The lowest BCUT2D eigenvalue weighted by molar-refractivity contribution is 0.0901. The highest BCUT2D eigenvalue weighted by Crippen LogP contribution is 2.41. The van der Waals surface area contributed by atoms with Gasteiger partial charge in [-0.25, -0.2) is 4.79 Å². The number of rotatable bonds is 0. The van der Waals surface area contributed by atoms with E-state index in [4.69, 9.17) is 4.74 Å². The van der Waals surface area contributed by atoms with Crippen LogP contribution in [0.25, 0.3) is 0 Å². The minimum atomic E-state index is -0.306. The fourth-order valence-corrected chi connectivity index (χ4v) is 4.10. The largest absolute Gasteiger partial charge is 0.445 e. The Balaban J connectivity index is 1.97. The number of nitrogens with one attached hydrogen (secondary N) is 1. The Bertz CT molecular complexity index is 475. The molecule has 1 N–H and O–H groups in total. The van der Waals surface area contributed by atoms with Crippen LogP contribution in [-0.2, 0) is 4.74 Å². The third-order valence-corrected chi connectivity index (χ3v) is 5.24. The topological polar surface area (TPSA) is 38.3 Å². The number of carbonyl (C=O) groups excluding carboxylic acids is 1. The van der Waals surface area contributed by atoms with Crippen molar-refractivity contribution in [2.45, 2.75) is 48.9 Å². The first-order chi connectivity index (χ1) is 8.74. The Morgan fingerprint density at radius 1 is 1.33 bits per heavy atom. The Morgan fingerprint density at radius 3 is 3.06 bits per heavy atom. The molecule has 0 bridgehead atoms. The van der Waals surface area contributed by atoms with Crippen LogP contribution in [0.3, 0.4) is 0 Å². The van der Waals surface area contributed by atoms with Crippen LogP contribution in [0.1, 0.15) is 31.2 Å². The first-order valence-electron chi connectivity index (χ1n) is 6.48. The van der Waals surface area contributed by atoms with E-state index < -0.39 is 0 Å². The molecule has 3 nitrogen and oxygen atoms in total. The predicted molar refractivity (Wildman–Crippen MR) is 73.2 cm³/mol. The summed E-state index contributed by atoms with van der Waals surface area (Å²) in [5.41, 5.74) is 2.11. The Kier molecular flexibility index (Phi) is 3.20. The van der Waals surface area contributed by atoms with Gasteiger partial charge in [0.05, 0.1) is 5.69 Å². The van der Waals surface area contributed by atoms with Crippen LogP contribution in [0.2, 0.25) is 0 Å². The van der Waals surface area contributed by atoms with Crippen LogP contribution < -0.4 is 5.32 Å². The van der Waals surface area contributed by atoms with Crippen molar-refractivity contribution in [3.63, 3.8) is 0 Å². The van der Waals surface area contributed by atoms with Gasteiger partial charge < -0.3 is 4.74 Å². The third kappa shape index (κ3) is 2.21. The molecule has 1 aliphatic carbocycles. The zero-order valence-electron chi connectivity index (χ0n) is 10.4. The van der Waals surface area contributed by atoms with Gasteiger partial charge in [0.2, 0.25) is 0 Å². The van der Waals surface area contributed by atoms with E-state index in [1.165, 1.54) is 16.9 Å². The number of fused-ring (bicyclic) bond motifs is 2. The van der Waals surface area contributed by atoms with Gasteiger partial charge in [-0.1, -0.05) is 18.6 Å². The number of aryl methyl sites for hydroxylation is 1. The van der Waals surface area contributed by atoms with E-state index in [0.29, 0.717) is 5.25 Å². The van der Waals surface area contributed by atoms with Crippen LogP contribution in [-0.4, -0.2) is 17.4 Å². The summed E-state index contributed by atoms with van der Waals surface area (Å²) in [6, 6.07) is 6.01. The van der Waals surface area contributed by atoms with Gasteiger partial charge in [-0.2, -0.15) is 0 Å². The molecule has 18 heavy (non-hydrogen) atoms. The summed E-state index contributed by atoms with van der Waals surface area (Å²) < 4.78 is 5.52. The van der Waals surface area contributed by atoms with Gasteiger partial charge in [-0.3, -0.25) is 5.32 Å². The second-order valence-electron chi connectivity index (χ2n) is 4.96. The van der Waals surface area contributed by atoms with Crippen molar-refractivity contribution in [1.82, 2.24) is 0 Å². The first-order valence-corrected chi connectivity index (χ1v) is 7.36. The van der Waals surface area contributed by atoms with Gasteiger partial charge in [0.25, 0.3) is 0 Å². The van der Waals surface area contributed by atoms with Crippen molar-refractivity contribution in [3.05, 3.63) is 23.8 Å². The zero-order chi connectivity index (χ0) is 12.5. The molecule has 0 unspecified atom stereocenters. The number of carbonyl (C=O) groups is 1. The maximum atomic E-state index is 11.8. The normalized spacial score (nSPS) is 27.1. The molecule has 2 atom stereocenters. The SMILES string of the molecule is Cc1cccc2c1S[C@H]1CCCC[C@H]1OC(=O)N2. The van der Waals surface area contributed by atoms with Crippen LogP contribution in [0.5, 0.6) is 0 Å². The number of benzene rings is 1. The first kappa shape index (κ1) is 11.9. The number of hydrogen-bond acceptors (Lipinski definition) is 3. The molecule has 4 heteroatoms. The zero-order valence-corrected chi connectivity index (χ0v) is 11.3. The van der Waals surface area contributed by atoms with Crippen molar-refractivity contribution in [2.24, 2.45) is 0 Å². The summed E-state index contributed by atoms with van der Waals surface area (Å²) in [6.07, 6.45) is 4.29. The maximum absolute atomic E-state index is 11.8. The summed E-state index contributed by atoms with van der Waals surface area (Å²) in [6.45, 7) is 2.10. The highest BCUT2D eigenvalue weighted by Gasteiger charge is 2.32. The maximum Gasteiger partial charge on any atom is 0.411 e. The molecule has 1 saturated carbocycles. The molecule has 0 aromatic heterocycles. The summed E-state index contributed by atoms with van der Waals surface area (Å²) in [5.74, 6) is 0.